The van der Waals surface area contributed by atoms with Crippen molar-refractivity contribution < 1.29 is 23.7 Å². The van der Waals surface area contributed by atoms with Gasteiger partial charge in [0.15, 0.2) is 12.5 Å². The lowest BCUT2D eigenvalue weighted by atomic mass is 9.99. The third-order valence-corrected chi connectivity index (χ3v) is 4.62. The molecule has 146 valence electrons. The van der Waals surface area contributed by atoms with Crippen molar-refractivity contribution in [2.24, 2.45) is 10.9 Å². The van der Waals surface area contributed by atoms with Gasteiger partial charge in [0.25, 0.3) is 11.7 Å². The molecule has 0 saturated carbocycles. The van der Waals surface area contributed by atoms with Crippen LogP contribution in [0.2, 0.25) is 0 Å². The number of carbonyl (C=O) groups is 3. The van der Waals surface area contributed by atoms with E-state index >= 15 is 0 Å². The van der Waals surface area contributed by atoms with Gasteiger partial charge in [-0.2, -0.15) is 9.48 Å². The molecule has 0 fully saturated rings. The summed E-state index contributed by atoms with van der Waals surface area (Å²) in [4.78, 5) is 43.1. The Hall–Kier alpha value is -3.29. The van der Waals surface area contributed by atoms with E-state index in [-0.39, 0.29) is 6.54 Å². The van der Waals surface area contributed by atoms with E-state index in [0.717, 1.165) is 16.9 Å². The van der Waals surface area contributed by atoms with Crippen molar-refractivity contribution >= 4 is 35.6 Å². The van der Waals surface area contributed by atoms with E-state index in [1.165, 1.54) is 17.8 Å². The number of allylic oxidation sites excluding steroid dienone is 1. The maximum atomic E-state index is 13.0. The average molecular weight is 383 g/mol. The minimum absolute atomic E-state index is 0.299. The van der Waals surface area contributed by atoms with Gasteiger partial charge in [0, 0.05) is 11.8 Å². The SMILES string of the molecule is CCOC1=CC=NC2=[N+](C)C(=O)N(CC(=O)Nc3ccc(CC)cc3)C(=O)C12. The molecule has 1 atom stereocenters. The van der Waals surface area contributed by atoms with Crippen LogP contribution in [0.25, 0.3) is 0 Å². The molecule has 1 aromatic rings. The van der Waals surface area contributed by atoms with Gasteiger partial charge in [-0.15, -0.1) is 4.99 Å². The number of benzene rings is 1. The summed E-state index contributed by atoms with van der Waals surface area (Å²) < 4.78 is 6.82. The van der Waals surface area contributed by atoms with E-state index in [1.54, 1.807) is 18.2 Å². The molecular formula is C20H23N4O4+. The van der Waals surface area contributed by atoms with Crippen LogP contribution in [0.15, 0.2) is 41.1 Å². The smallest absolute Gasteiger partial charge is 0.446 e. The van der Waals surface area contributed by atoms with Gasteiger partial charge in [0.2, 0.25) is 0 Å². The van der Waals surface area contributed by atoms with Gasteiger partial charge < -0.3 is 10.1 Å². The highest BCUT2D eigenvalue weighted by molar-refractivity contribution is 6.16. The van der Waals surface area contributed by atoms with Crippen LogP contribution in [0.1, 0.15) is 19.4 Å². The Kier molecular flexibility index (Phi) is 5.67. The fourth-order valence-electron chi connectivity index (χ4n) is 3.14. The lowest BCUT2D eigenvalue weighted by molar-refractivity contribution is -0.408. The summed E-state index contributed by atoms with van der Waals surface area (Å²) in [5, 5.41) is 2.72. The molecule has 2 aliphatic rings. The molecule has 4 amide bonds. The lowest BCUT2D eigenvalue weighted by Crippen LogP contribution is -2.56. The number of carbonyl (C=O) groups excluding carboxylic acids is 3. The Balaban J connectivity index is 1.78. The molecule has 0 aromatic heterocycles. The zero-order valence-corrected chi connectivity index (χ0v) is 16.1. The summed E-state index contributed by atoms with van der Waals surface area (Å²) in [6, 6.07) is 6.82. The normalized spacial score (nSPS) is 18.8. The number of aliphatic imine (C=N–C) groups is 1. The van der Waals surface area contributed by atoms with Crippen LogP contribution in [0.4, 0.5) is 10.5 Å². The van der Waals surface area contributed by atoms with Crippen LogP contribution < -0.4 is 5.32 Å². The van der Waals surface area contributed by atoms with E-state index in [0.29, 0.717) is 23.9 Å². The van der Waals surface area contributed by atoms with Gasteiger partial charge >= 0.3 is 11.9 Å². The van der Waals surface area contributed by atoms with E-state index in [4.69, 9.17) is 4.74 Å². The summed E-state index contributed by atoms with van der Waals surface area (Å²) in [5.41, 5.74) is 1.76. The molecule has 2 heterocycles. The number of fused-ring (bicyclic) bond motifs is 1. The molecule has 3 rings (SSSR count). The Morgan fingerprint density at radius 2 is 1.96 bits per heavy atom. The number of dihydropyridines is 1. The second-order valence-electron chi connectivity index (χ2n) is 6.44. The Labute approximate surface area is 163 Å². The minimum Gasteiger partial charge on any atom is -0.497 e. The number of imide groups is 1. The molecule has 1 unspecified atom stereocenters. The Morgan fingerprint density at radius 1 is 1.25 bits per heavy atom. The van der Waals surface area contributed by atoms with Crippen molar-refractivity contribution in [2.75, 3.05) is 25.5 Å². The molecule has 0 radical (unpaired) electrons. The summed E-state index contributed by atoms with van der Waals surface area (Å²) in [6.07, 6.45) is 4.00. The third kappa shape index (κ3) is 3.71. The van der Waals surface area contributed by atoms with Crippen LogP contribution in [-0.4, -0.2) is 59.6 Å². The van der Waals surface area contributed by atoms with Crippen LogP contribution in [0.3, 0.4) is 0 Å². The first-order valence-corrected chi connectivity index (χ1v) is 9.18. The van der Waals surface area contributed by atoms with Crippen LogP contribution in [-0.2, 0) is 20.7 Å². The first-order valence-electron chi connectivity index (χ1n) is 9.18. The summed E-state index contributed by atoms with van der Waals surface area (Å²) in [7, 11) is 1.53. The van der Waals surface area contributed by atoms with E-state index in [1.807, 2.05) is 26.0 Å². The molecule has 2 aliphatic heterocycles. The number of ether oxygens (including phenoxy) is 1. The topological polar surface area (TPSA) is 91.1 Å². The van der Waals surface area contributed by atoms with Crippen LogP contribution >= 0.6 is 0 Å². The number of hydrogen-bond acceptors (Lipinski definition) is 5. The van der Waals surface area contributed by atoms with Gasteiger partial charge in [-0.1, -0.05) is 19.1 Å². The van der Waals surface area contributed by atoms with Crippen LogP contribution in [0, 0.1) is 5.92 Å². The van der Waals surface area contributed by atoms with Gasteiger partial charge in [-0.3, -0.25) is 9.59 Å². The molecule has 1 aromatic carbocycles. The van der Waals surface area contributed by atoms with E-state index < -0.39 is 23.8 Å². The van der Waals surface area contributed by atoms with Gasteiger partial charge in [0.05, 0.1) is 13.7 Å². The van der Waals surface area contributed by atoms with E-state index in [9.17, 15) is 14.4 Å². The number of anilines is 1. The summed E-state index contributed by atoms with van der Waals surface area (Å²) >= 11 is 0. The first-order chi connectivity index (χ1) is 13.5. The molecule has 8 heteroatoms. The van der Waals surface area contributed by atoms with E-state index in [2.05, 4.69) is 10.3 Å². The zero-order valence-electron chi connectivity index (χ0n) is 16.1. The molecular weight excluding hydrogens is 360 g/mol. The largest absolute Gasteiger partial charge is 0.497 e. The molecule has 1 N–H and O–H groups in total. The van der Waals surface area contributed by atoms with Crippen molar-refractivity contribution in [1.82, 2.24) is 4.90 Å². The standard InChI is InChI=1S/C20H22N4O4/c1-4-13-6-8-14(9-7-13)22-16(25)12-24-19(26)17-15(28-5-2)10-11-21-18(17)23(3)20(24)27/h6-11,17H,4-5,12H2,1-3H3/p+1. The zero-order chi connectivity index (χ0) is 20.3. The highest BCUT2D eigenvalue weighted by Crippen LogP contribution is 2.25. The number of hydrogen-bond donors (Lipinski definition) is 1. The summed E-state index contributed by atoms with van der Waals surface area (Å²) in [6.45, 7) is 3.85. The van der Waals surface area contributed by atoms with Gasteiger partial charge in [0.1, 0.15) is 12.0 Å². The van der Waals surface area contributed by atoms with Crippen molar-refractivity contribution in [1.29, 1.82) is 0 Å². The molecule has 8 nitrogen and oxygen atoms in total. The number of nitrogens with zero attached hydrogens (tertiary/aromatic N) is 3. The molecule has 0 aliphatic carbocycles. The number of amidine groups is 1. The number of aryl methyl sites for hydroxylation is 1. The third-order valence-electron chi connectivity index (χ3n) is 4.62. The number of nitrogens with one attached hydrogen (secondary N) is 1. The molecule has 0 spiro atoms. The highest BCUT2D eigenvalue weighted by Gasteiger charge is 2.50. The predicted octanol–water partition coefficient (Wildman–Crippen LogP) is 1.81. The highest BCUT2D eigenvalue weighted by atomic mass is 16.5. The predicted molar refractivity (Wildman–Crippen MR) is 104 cm³/mol. The van der Waals surface area contributed by atoms with Crippen molar-refractivity contribution in [3.8, 4) is 0 Å². The monoisotopic (exact) mass is 383 g/mol. The van der Waals surface area contributed by atoms with Gasteiger partial charge in [-0.25, -0.2) is 4.79 Å². The number of rotatable bonds is 6. The second kappa shape index (κ2) is 8.16. The minimum atomic E-state index is -0.829. The van der Waals surface area contributed by atoms with Crippen molar-refractivity contribution in [3.63, 3.8) is 0 Å². The van der Waals surface area contributed by atoms with Crippen molar-refractivity contribution in [3.05, 3.63) is 41.7 Å². The Bertz CT molecular complexity index is 899. The fourth-order valence-corrected chi connectivity index (χ4v) is 3.14. The molecule has 0 bridgehead atoms. The number of urea groups is 1. The Morgan fingerprint density at radius 3 is 2.61 bits per heavy atom. The maximum absolute atomic E-state index is 13.0. The first kappa shape index (κ1) is 19.5. The second-order valence-corrected chi connectivity index (χ2v) is 6.44. The summed E-state index contributed by atoms with van der Waals surface area (Å²) in [5.74, 6) is -1.09. The fraction of sp³-hybridized carbons (Fsp3) is 0.350. The van der Waals surface area contributed by atoms with Crippen LogP contribution in [0.5, 0.6) is 0 Å². The van der Waals surface area contributed by atoms with Gasteiger partial charge in [-0.05, 0) is 31.0 Å². The van der Waals surface area contributed by atoms with Crippen molar-refractivity contribution in [2.45, 2.75) is 20.3 Å². The number of amides is 4. The molecule has 0 saturated heterocycles. The quantitative estimate of drug-likeness (QED) is 0.759. The molecule has 28 heavy (non-hydrogen) atoms. The average Bonchev–Trinajstić information content (AvgIpc) is 2.70. The lowest BCUT2D eigenvalue weighted by Gasteiger charge is -2.28. The maximum Gasteiger partial charge on any atom is 0.446 e.